The number of carbonyl (C=O) groups is 5. The molecule has 0 aromatic heterocycles. The fourth-order valence-electron chi connectivity index (χ4n) is 9.05. The second-order valence-corrected chi connectivity index (χ2v) is 14.6. The number of aliphatic hydroxyl groups excluding tert-OH is 1. The summed E-state index contributed by atoms with van der Waals surface area (Å²) < 4.78 is 19.5. The highest BCUT2D eigenvalue weighted by atomic mass is 35.5. The van der Waals surface area contributed by atoms with Gasteiger partial charge in [0.1, 0.15) is 18.2 Å². The minimum Gasteiger partial charge on any atom is -0.491 e. The van der Waals surface area contributed by atoms with E-state index in [0.717, 1.165) is 10.6 Å². The van der Waals surface area contributed by atoms with Crippen molar-refractivity contribution in [2.75, 3.05) is 23.5 Å². The molecule has 2 N–H and O–H groups in total. The zero-order valence-corrected chi connectivity index (χ0v) is 29.8. The maximum absolute atomic E-state index is 15.3. The summed E-state index contributed by atoms with van der Waals surface area (Å²) in [7, 11) is 0. The number of hydrazine groups is 1. The largest absolute Gasteiger partial charge is 0.491 e. The number of amides is 4. The summed E-state index contributed by atoms with van der Waals surface area (Å²) in [6.07, 6.45) is 2.28. The Kier molecular flexibility index (Phi) is 8.94. The van der Waals surface area contributed by atoms with Gasteiger partial charge in [-0.3, -0.25) is 34.3 Å². The lowest BCUT2D eigenvalue weighted by atomic mass is 9.49. The summed E-state index contributed by atoms with van der Waals surface area (Å²) in [5.74, 6) is -5.84. The standard InChI is InChI=1S/C42H35ClFN3O7/c1-23(49)24-2-14-30(15-3-24)46-38(50)33-19-18-32-34(36(33)40(46)52)22-35-39(51)47(45-29-12-10-28(44)11-13-29)41(53)42(35,26-6-8-27(43)9-7-26)37(32)25-4-16-31(17-5-25)54-21-20-48/h2-18,33-37,45,48H,19-22H2,1H3/t33-,34+,35-,36-,37-,42+/m0/s1. The van der Waals surface area contributed by atoms with Crippen LogP contribution in [0.2, 0.25) is 5.02 Å². The number of allylic oxidation sites excluding steroid dienone is 2. The summed E-state index contributed by atoms with van der Waals surface area (Å²) in [6.45, 7) is 1.34. The van der Waals surface area contributed by atoms with E-state index in [9.17, 15) is 28.7 Å². The van der Waals surface area contributed by atoms with Gasteiger partial charge in [-0.05, 0) is 110 Å². The molecule has 0 radical (unpaired) electrons. The van der Waals surface area contributed by atoms with E-state index in [2.05, 4.69) is 5.43 Å². The van der Waals surface area contributed by atoms with Gasteiger partial charge in [-0.25, -0.2) is 4.39 Å². The maximum atomic E-state index is 15.3. The van der Waals surface area contributed by atoms with Crippen molar-refractivity contribution in [1.29, 1.82) is 0 Å². The quantitative estimate of drug-likeness (QED) is 0.117. The summed E-state index contributed by atoms with van der Waals surface area (Å²) >= 11 is 6.37. The zero-order valence-electron chi connectivity index (χ0n) is 29.1. The summed E-state index contributed by atoms with van der Waals surface area (Å²) in [6, 6.07) is 25.6. The van der Waals surface area contributed by atoms with Gasteiger partial charge in [-0.2, -0.15) is 5.01 Å². The van der Waals surface area contributed by atoms with Gasteiger partial charge in [0.05, 0.1) is 41.2 Å². The molecular weight excluding hydrogens is 713 g/mol. The van der Waals surface area contributed by atoms with Gasteiger partial charge < -0.3 is 9.84 Å². The average molecular weight is 748 g/mol. The monoisotopic (exact) mass is 747 g/mol. The number of Topliss-reactive ketones (excluding diaryl/α,β-unsaturated/α-hetero) is 1. The number of fused-ring (bicyclic) bond motifs is 4. The number of ether oxygens (including phenoxy) is 1. The molecule has 274 valence electrons. The van der Waals surface area contributed by atoms with Gasteiger partial charge >= 0.3 is 0 Å². The highest BCUT2D eigenvalue weighted by Crippen LogP contribution is 2.64. The SMILES string of the molecule is CC(=O)c1ccc(N2C(=O)[C@H]3[C@H](CC=C4[C@H]3C[C@H]3C(=O)N(Nc5ccc(F)cc5)C(=O)[C@@]3(c3ccc(Cl)cc3)[C@H]4c3ccc(OCCO)cc3)C2=O)cc1. The van der Waals surface area contributed by atoms with E-state index in [-0.39, 0.29) is 37.7 Å². The Labute approximate surface area is 315 Å². The molecule has 0 unspecified atom stereocenters. The number of imide groups is 2. The van der Waals surface area contributed by atoms with Crippen LogP contribution in [0, 0.1) is 29.5 Å². The van der Waals surface area contributed by atoms with Crippen LogP contribution in [0.25, 0.3) is 0 Å². The van der Waals surface area contributed by atoms with Crippen molar-refractivity contribution in [2.45, 2.75) is 31.1 Å². The number of benzene rings is 4. The van der Waals surface area contributed by atoms with Crippen molar-refractivity contribution in [1.82, 2.24) is 5.01 Å². The Morgan fingerprint density at radius 2 is 1.57 bits per heavy atom. The number of ketones is 1. The number of hydrogen-bond acceptors (Lipinski definition) is 8. The van der Waals surface area contributed by atoms with Gasteiger partial charge in [0, 0.05) is 16.5 Å². The molecule has 10 nitrogen and oxygen atoms in total. The van der Waals surface area contributed by atoms with Crippen molar-refractivity contribution in [2.24, 2.45) is 23.7 Å². The van der Waals surface area contributed by atoms with E-state index in [1.54, 1.807) is 60.7 Å². The zero-order chi connectivity index (χ0) is 37.9. The fraction of sp³-hybridized carbons (Fsp3) is 0.262. The molecule has 4 aliphatic rings. The van der Waals surface area contributed by atoms with E-state index in [1.807, 2.05) is 18.2 Å². The fourth-order valence-corrected chi connectivity index (χ4v) is 9.18. The Balaban J connectivity index is 1.28. The Morgan fingerprint density at radius 3 is 2.22 bits per heavy atom. The molecule has 3 fully saturated rings. The number of aliphatic hydroxyl groups is 1. The smallest absolute Gasteiger partial charge is 0.260 e. The van der Waals surface area contributed by atoms with E-state index < -0.39 is 58.5 Å². The van der Waals surface area contributed by atoms with Gasteiger partial charge in [-0.15, -0.1) is 0 Å². The molecule has 6 atom stereocenters. The van der Waals surface area contributed by atoms with Crippen LogP contribution in [0.3, 0.4) is 0 Å². The minimum absolute atomic E-state index is 0.0803. The van der Waals surface area contributed by atoms with Crippen molar-refractivity contribution in [3.63, 3.8) is 0 Å². The molecule has 1 saturated carbocycles. The molecule has 0 bridgehead atoms. The van der Waals surface area contributed by atoms with E-state index in [0.29, 0.717) is 38.8 Å². The Bertz CT molecular complexity index is 2210. The van der Waals surface area contributed by atoms with Crippen molar-refractivity contribution in [3.05, 3.63) is 136 Å². The first-order valence-electron chi connectivity index (χ1n) is 17.7. The molecular formula is C42H35ClFN3O7. The number of rotatable bonds is 9. The number of nitrogens with zero attached hydrogens (tertiary/aromatic N) is 2. The van der Waals surface area contributed by atoms with Crippen LogP contribution in [0.4, 0.5) is 15.8 Å². The lowest BCUT2D eigenvalue weighted by Crippen LogP contribution is -2.53. The highest BCUT2D eigenvalue weighted by Gasteiger charge is 2.70. The van der Waals surface area contributed by atoms with Crippen molar-refractivity contribution < 1.29 is 38.2 Å². The van der Waals surface area contributed by atoms with Crippen molar-refractivity contribution >= 4 is 52.4 Å². The van der Waals surface area contributed by atoms with Crippen LogP contribution < -0.4 is 15.1 Å². The third-order valence-corrected chi connectivity index (χ3v) is 11.6. The number of anilines is 2. The molecule has 2 heterocycles. The molecule has 2 aliphatic carbocycles. The topological polar surface area (TPSA) is 133 Å². The Morgan fingerprint density at radius 1 is 0.889 bits per heavy atom. The molecule has 4 aromatic rings. The number of nitrogens with one attached hydrogen (secondary N) is 1. The summed E-state index contributed by atoms with van der Waals surface area (Å²) in [5.41, 5.74) is 4.55. The first-order valence-corrected chi connectivity index (χ1v) is 18.1. The van der Waals surface area contributed by atoms with E-state index >= 15 is 4.79 Å². The molecule has 2 aliphatic heterocycles. The van der Waals surface area contributed by atoms with Crippen LogP contribution in [0.15, 0.2) is 109 Å². The van der Waals surface area contributed by atoms with Crippen LogP contribution in [0.5, 0.6) is 5.75 Å². The third kappa shape index (κ3) is 5.53. The minimum atomic E-state index is -1.52. The van der Waals surface area contributed by atoms with E-state index in [1.165, 1.54) is 36.1 Å². The molecule has 0 spiro atoms. The Hall–Kier alpha value is -5.65. The van der Waals surface area contributed by atoms with Crippen LogP contribution >= 0.6 is 11.6 Å². The third-order valence-electron chi connectivity index (χ3n) is 11.4. The first kappa shape index (κ1) is 35.4. The lowest BCUT2D eigenvalue weighted by molar-refractivity contribution is -0.138. The van der Waals surface area contributed by atoms with Gasteiger partial charge in [0.25, 0.3) is 11.8 Å². The predicted octanol–water partition coefficient (Wildman–Crippen LogP) is 6.24. The molecule has 4 amide bonds. The van der Waals surface area contributed by atoms with Gasteiger partial charge in [0.15, 0.2) is 5.78 Å². The summed E-state index contributed by atoms with van der Waals surface area (Å²) in [5, 5.41) is 10.8. The van der Waals surface area contributed by atoms with Gasteiger partial charge in [0.2, 0.25) is 11.8 Å². The average Bonchev–Trinajstić information content (AvgIpc) is 3.56. The van der Waals surface area contributed by atoms with Gasteiger partial charge in [-0.1, -0.05) is 47.5 Å². The number of hydrogen-bond donors (Lipinski definition) is 2. The van der Waals surface area contributed by atoms with Crippen LogP contribution in [0.1, 0.15) is 47.2 Å². The molecule has 54 heavy (non-hydrogen) atoms. The van der Waals surface area contributed by atoms with E-state index in [4.69, 9.17) is 16.3 Å². The van der Waals surface area contributed by atoms with Crippen LogP contribution in [-0.2, 0) is 24.6 Å². The second-order valence-electron chi connectivity index (χ2n) is 14.1. The normalized spacial score (nSPS) is 25.9. The summed E-state index contributed by atoms with van der Waals surface area (Å²) in [4.78, 5) is 71.8. The molecule has 4 aromatic carbocycles. The molecule has 8 rings (SSSR count). The van der Waals surface area contributed by atoms with Crippen LogP contribution in [-0.4, -0.2) is 52.7 Å². The molecule has 2 saturated heterocycles. The number of carbonyl (C=O) groups excluding carboxylic acids is 5. The lowest BCUT2D eigenvalue weighted by Gasteiger charge is -2.50. The van der Waals surface area contributed by atoms with Crippen molar-refractivity contribution in [3.8, 4) is 5.75 Å². The predicted molar refractivity (Wildman–Crippen MR) is 197 cm³/mol. The second kappa shape index (κ2) is 13.6. The number of halogens is 2. The first-order chi connectivity index (χ1) is 26.0. The highest BCUT2D eigenvalue weighted by molar-refractivity contribution is 6.30. The maximum Gasteiger partial charge on any atom is 0.260 e. The molecule has 12 heteroatoms.